The Morgan fingerprint density at radius 3 is 1.31 bits per heavy atom. The van der Waals surface area contributed by atoms with E-state index >= 15 is 0 Å². The molecule has 68 heavy (non-hydrogen) atoms. The standard InChI is InChI=1S/C15H24N3O4P.C14H22N3O4P.C13H20N3O4P.2H2O/c1-5-13(22-23(4)21-10-6-8-16)7-9-18-11-12(2)14(19)17(3)15(18)20;1-4-12(21-22(3)20-11-5-8-15)6-9-17-10-7-13(18)16(2)14(17)19;1-4-11(20-21(3)19-9-5-7-14)10-16-8-6-12(17)15(2)13(16)18;;/h11,13H,5-7,9-10H2,1-4H3;7,10,12H,4-6,9,11H2,1-3H3;6,8,11H,4-5,9-10H2,1-3H3;2*1H2. The lowest BCUT2D eigenvalue weighted by atomic mass is 10.2. The fourth-order valence-corrected chi connectivity index (χ4v) is 8.87. The molecule has 6 atom stereocenters. The SMILES string of the molecule is CCC(CCn1cc(C)c(=O)n(C)c1=O)OP(C)OCCC#N.CCC(CCn1ccc(=O)n(C)c1=O)OP(C)OCCC#N.CCC(Cn1ccc(=O)n(C)c1=O)OP(C)OCCC#N.O.O. The van der Waals surface area contributed by atoms with E-state index in [0.29, 0.717) is 83.5 Å². The van der Waals surface area contributed by atoms with E-state index in [2.05, 4.69) is 0 Å². The lowest BCUT2D eigenvalue weighted by Gasteiger charge is -2.21. The molecule has 3 aromatic heterocycles. The number of nitriles is 3. The number of hydrogen-bond acceptors (Lipinski definition) is 15. The van der Waals surface area contributed by atoms with Crippen molar-refractivity contribution in [1.82, 2.24) is 27.4 Å². The van der Waals surface area contributed by atoms with Gasteiger partial charge in [0.2, 0.25) is 0 Å². The third-order valence-electron chi connectivity index (χ3n) is 9.55. The highest BCUT2D eigenvalue weighted by Crippen LogP contribution is 2.38. The van der Waals surface area contributed by atoms with Crippen LogP contribution < -0.4 is 33.7 Å². The van der Waals surface area contributed by atoms with Gasteiger partial charge in [-0.3, -0.25) is 32.7 Å². The Kier molecular flexibility index (Phi) is 35.2. The fourth-order valence-electron chi connectivity index (χ4n) is 5.66. The molecule has 0 spiro atoms. The van der Waals surface area contributed by atoms with Crippen molar-refractivity contribution in [2.24, 2.45) is 21.1 Å². The number of aryl methyl sites for hydroxylation is 3. The van der Waals surface area contributed by atoms with Crippen LogP contribution in [0.1, 0.15) is 77.7 Å². The normalized spacial score (nSPS) is 13.2. The van der Waals surface area contributed by atoms with Gasteiger partial charge in [-0.1, -0.05) is 20.8 Å². The van der Waals surface area contributed by atoms with E-state index in [1.54, 1.807) is 13.1 Å². The molecule has 6 unspecified atom stereocenters. The van der Waals surface area contributed by atoms with Crippen LogP contribution in [-0.4, -0.2) is 96.5 Å². The van der Waals surface area contributed by atoms with E-state index < -0.39 is 25.1 Å². The van der Waals surface area contributed by atoms with Crippen LogP contribution in [0.3, 0.4) is 0 Å². The lowest BCUT2D eigenvalue weighted by Crippen LogP contribution is -2.39. The van der Waals surface area contributed by atoms with E-state index in [4.69, 9.17) is 42.9 Å². The second kappa shape index (κ2) is 36.5. The van der Waals surface area contributed by atoms with Crippen LogP contribution in [0.4, 0.5) is 0 Å². The summed E-state index contributed by atoms with van der Waals surface area (Å²) in [4.78, 5) is 70.3. The summed E-state index contributed by atoms with van der Waals surface area (Å²) < 4.78 is 41.5. The van der Waals surface area contributed by atoms with Crippen molar-refractivity contribution in [1.29, 1.82) is 15.8 Å². The zero-order chi connectivity index (χ0) is 49.8. The molecule has 0 fully saturated rings. The largest absolute Gasteiger partial charge is 0.412 e. The van der Waals surface area contributed by atoms with Gasteiger partial charge in [0.05, 0.1) is 82.1 Å². The van der Waals surface area contributed by atoms with Crippen LogP contribution in [0.2, 0.25) is 0 Å². The van der Waals surface area contributed by atoms with Crippen molar-refractivity contribution in [3.05, 3.63) is 98.8 Å². The predicted octanol–water partition coefficient (Wildman–Crippen LogP) is 3.08. The molecule has 0 aliphatic heterocycles. The molecule has 26 heteroatoms. The van der Waals surface area contributed by atoms with Crippen LogP contribution >= 0.6 is 25.1 Å². The van der Waals surface area contributed by atoms with Crippen molar-refractivity contribution in [2.75, 3.05) is 39.8 Å². The molecule has 0 bridgehead atoms. The molecule has 0 aliphatic carbocycles. The molecule has 0 amide bonds. The number of nitrogens with zero attached hydrogens (tertiary/aromatic N) is 9. The Bertz CT molecular complexity index is 2420. The maximum absolute atomic E-state index is 12.1. The molecule has 23 nitrogen and oxygen atoms in total. The highest BCUT2D eigenvalue weighted by Gasteiger charge is 2.17. The first kappa shape index (κ1) is 65.6. The highest BCUT2D eigenvalue weighted by molar-refractivity contribution is 7.46. The smallest absolute Gasteiger partial charge is 0.330 e. The first-order valence-electron chi connectivity index (χ1n) is 21.4. The minimum atomic E-state index is -1.09. The Labute approximate surface area is 400 Å². The van der Waals surface area contributed by atoms with Gasteiger partial charge >= 0.3 is 17.1 Å². The van der Waals surface area contributed by atoms with Crippen molar-refractivity contribution in [3.8, 4) is 18.2 Å². The first-order valence-corrected chi connectivity index (χ1v) is 26.3. The van der Waals surface area contributed by atoms with Crippen LogP contribution in [0, 0.1) is 40.9 Å². The monoisotopic (exact) mass is 1020 g/mol. The molecule has 3 aromatic rings. The summed E-state index contributed by atoms with van der Waals surface area (Å²) >= 11 is 0. The molecule has 3 rings (SSSR count). The second-order valence-corrected chi connectivity index (χ2v) is 18.6. The third kappa shape index (κ3) is 24.2. The molecule has 0 aliphatic rings. The molecule has 4 N–H and O–H groups in total. The Morgan fingerprint density at radius 1 is 0.559 bits per heavy atom. The van der Waals surface area contributed by atoms with Crippen LogP contribution in [0.25, 0.3) is 0 Å². The summed E-state index contributed by atoms with van der Waals surface area (Å²) in [6.45, 7) is 15.6. The van der Waals surface area contributed by atoms with Gasteiger partial charge in [-0.05, 0) is 39.0 Å². The zero-order valence-corrected chi connectivity index (χ0v) is 43.5. The molecule has 0 aromatic carbocycles. The highest BCUT2D eigenvalue weighted by atomic mass is 31.2. The van der Waals surface area contributed by atoms with E-state index in [1.165, 1.54) is 59.4 Å². The molecular weight excluding hydrogens is 947 g/mol. The first-order chi connectivity index (χ1) is 31.4. The fraction of sp³-hybridized carbons (Fsp3) is 0.643. The summed E-state index contributed by atoms with van der Waals surface area (Å²) in [5.74, 6) is 0. The van der Waals surface area contributed by atoms with Crippen LogP contribution in [-0.2, 0) is 67.9 Å². The Hall–Kier alpha value is -4.52. The van der Waals surface area contributed by atoms with Crippen LogP contribution in [0.15, 0.2) is 59.5 Å². The summed E-state index contributed by atoms with van der Waals surface area (Å²) in [7, 11) is 1.23. The van der Waals surface area contributed by atoms with Gasteiger partial charge in [-0.25, -0.2) is 14.4 Å². The Morgan fingerprint density at radius 2 is 0.912 bits per heavy atom. The number of rotatable bonds is 26. The van der Waals surface area contributed by atoms with Crippen LogP contribution in [0.5, 0.6) is 0 Å². The van der Waals surface area contributed by atoms with E-state index in [0.717, 1.165) is 26.5 Å². The van der Waals surface area contributed by atoms with E-state index in [-0.39, 0.29) is 63.0 Å². The maximum Gasteiger partial charge on any atom is 0.330 e. The Balaban J connectivity index is 0. The van der Waals surface area contributed by atoms with Crippen molar-refractivity contribution >= 4 is 25.1 Å². The topological polar surface area (TPSA) is 322 Å². The quantitative estimate of drug-likeness (QED) is 0.0824. The second-order valence-electron chi connectivity index (χ2n) is 14.5. The van der Waals surface area contributed by atoms with Gasteiger partial charge in [0, 0.05) is 90.5 Å². The average Bonchev–Trinajstić information content (AvgIpc) is 3.30. The molecule has 0 saturated heterocycles. The van der Waals surface area contributed by atoms with Crippen molar-refractivity contribution in [2.45, 2.75) is 117 Å². The summed E-state index contributed by atoms with van der Waals surface area (Å²) in [5.41, 5.74) is -1.38. The van der Waals surface area contributed by atoms with Gasteiger partial charge in [0.1, 0.15) is 0 Å². The van der Waals surface area contributed by atoms with Crippen molar-refractivity contribution in [3.63, 3.8) is 0 Å². The molecule has 0 radical (unpaired) electrons. The molecule has 0 saturated carbocycles. The van der Waals surface area contributed by atoms with E-state index in [1.807, 2.05) is 59.0 Å². The van der Waals surface area contributed by atoms with Gasteiger partial charge in [-0.2, -0.15) is 15.8 Å². The number of hydrogen-bond donors (Lipinski definition) is 0. The maximum atomic E-state index is 12.1. The van der Waals surface area contributed by atoms with Gasteiger partial charge < -0.3 is 47.2 Å². The number of aromatic nitrogens is 6. The van der Waals surface area contributed by atoms with Gasteiger partial charge in [-0.15, -0.1) is 0 Å². The summed E-state index contributed by atoms with van der Waals surface area (Å²) in [6, 6.07) is 8.77. The van der Waals surface area contributed by atoms with Gasteiger partial charge in [0.25, 0.3) is 16.7 Å². The molecular formula is C42H70N9O14P3. The molecule has 3 heterocycles. The van der Waals surface area contributed by atoms with E-state index in [9.17, 15) is 28.8 Å². The van der Waals surface area contributed by atoms with Crippen molar-refractivity contribution < 1.29 is 38.1 Å². The summed E-state index contributed by atoms with van der Waals surface area (Å²) in [6.07, 6.45) is 8.99. The predicted molar refractivity (Wildman–Crippen MR) is 262 cm³/mol. The third-order valence-corrected chi connectivity index (χ3v) is 13.0. The summed E-state index contributed by atoms with van der Waals surface area (Å²) in [5, 5.41) is 25.4. The lowest BCUT2D eigenvalue weighted by molar-refractivity contribution is 0.159. The minimum absolute atomic E-state index is 0. The average molecular weight is 1020 g/mol. The zero-order valence-electron chi connectivity index (χ0n) is 40.8. The van der Waals surface area contributed by atoms with Gasteiger partial charge in [0.15, 0.2) is 25.1 Å². The molecule has 382 valence electrons. The minimum Gasteiger partial charge on any atom is -0.412 e.